The van der Waals surface area contributed by atoms with Crippen LogP contribution < -0.4 is 19.5 Å². The molecule has 3 aliphatic rings. The topological polar surface area (TPSA) is 107 Å². The predicted octanol–water partition coefficient (Wildman–Crippen LogP) is 7.24. The van der Waals surface area contributed by atoms with Crippen LogP contribution in [0.15, 0.2) is 59.6 Å². The number of hydrogen-bond donors (Lipinski definition) is 3. The first-order valence-electron chi connectivity index (χ1n) is 15.0. The molecular weight excluding hydrogens is 570 g/mol. The number of fused-ring (bicyclic) bond motifs is 3. The number of anilines is 1. The van der Waals surface area contributed by atoms with E-state index in [1.54, 1.807) is 18.2 Å². The van der Waals surface area contributed by atoms with E-state index in [9.17, 15) is 9.90 Å². The summed E-state index contributed by atoms with van der Waals surface area (Å²) >= 11 is 6.83. The van der Waals surface area contributed by atoms with Crippen molar-refractivity contribution >= 4 is 35.5 Å². The molecule has 0 radical (unpaired) electrons. The van der Waals surface area contributed by atoms with Gasteiger partial charge in [0.25, 0.3) is 0 Å². The third-order valence-electron chi connectivity index (χ3n) is 9.86. The number of rotatable bonds is 10. The molecule has 4 N–H and O–H groups in total. The van der Waals surface area contributed by atoms with Crippen molar-refractivity contribution in [1.29, 1.82) is 0 Å². The first-order chi connectivity index (χ1) is 20.5. The summed E-state index contributed by atoms with van der Waals surface area (Å²) in [5.74, 6) is 1.05. The van der Waals surface area contributed by atoms with E-state index in [2.05, 4.69) is 28.5 Å². The van der Waals surface area contributed by atoms with E-state index in [1.165, 1.54) is 47.2 Å². The van der Waals surface area contributed by atoms with Gasteiger partial charge in [0, 0.05) is 34.1 Å². The quantitative estimate of drug-likeness (QED) is 0.164. The van der Waals surface area contributed by atoms with Crippen LogP contribution in [-0.4, -0.2) is 28.2 Å². The second-order valence-electron chi connectivity index (χ2n) is 12.0. The molecule has 1 atom stereocenters. The first kappa shape index (κ1) is 29.1. The second-order valence-corrected chi connectivity index (χ2v) is 12.9. The number of carbonyl (C=O) groups is 1. The Kier molecular flexibility index (Phi) is 8.57. The molecule has 1 fully saturated rings. The molecule has 9 heteroatoms. The van der Waals surface area contributed by atoms with Crippen molar-refractivity contribution in [2.45, 2.75) is 86.5 Å². The van der Waals surface area contributed by atoms with Crippen LogP contribution in [0, 0.1) is 5.92 Å². The van der Waals surface area contributed by atoms with Crippen molar-refractivity contribution in [1.82, 2.24) is 4.98 Å². The molecule has 1 aromatic heterocycles. The van der Waals surface area contributed by atoms with E-state index in [0.29, 0.717) is 36.8 Å². The van der Waals surface area contributed by atoms with E-state index in [-0.39, 0.29) is 5.41 Å². The Morgan fingerprint density at radius 1 is 1.12 bits per heavy atom. The van der Waals surface area contributed by atoms with Gasteiger partial charge in [-0.2, -0.15) is 0 Å². The molecule has 6 rings (SSSR count). The van der Waals surface area contributed by atoms with Gasteiger partial charge in [0.15, 0.2) is 0 Å². The summed E-state index contributed by atoms with van der Waals surface area (Å²) in [7, 11) is 0. The third-order valence-corrected chi connectivity index (χ3v) is 10.6. The molecule has 7 nitrogen and oxygen atoms in total. The van der Waals surface area contributed by atoms with Crippen LogP contribution in [0.2, 0.25) is 0 Å². The second kappa shape index (κ2) is 12.3. The SMILES string of the molecule is NSc1ccc2c(c1)C1(CCC(Nc3cccc(OCl)c3)(C(=O)O)CC1)C(CCCOc1ccnc3c1CCCC3)C2. The minimum Gasteiger partial charge on any atom is -0.493 e. The maximum atomic E-state index is 12.8. The van der Waals surface area contributed by atoms with Crippen LogP contribution in [0.1, 0.15) is 73.8 Å². The fourth-order valence-electron chi connectivity index (χ4n) is 7.66. The number of nitrogens with one attached hydrogen (secondary N) is 1. The summed E-state index contributed by atoms with van der Waals surface area (Å²) in [6, 6.07) is 15.7. The lowest BCUT2D eigenvalue weighted by atomic mass is 9.60. The van der Waals surface area contributed by atoms with E-state index >= 15 is 0 Å². The smallest absolute Gasteiger partial charge is 0.329 e. The van der Waals surface area contributed by atoms with Crippen molar-refractivity contribution < 1.29 is 18.9 Å². The zero-order valence-corrected chi connectivity index (χ0v) is 25.3. The standard InChI is InChI=1S/C33H38ClN3O4S/c34-41-25-7-3-6-24(20-25)37-33(31(38)39)15-13-32(14-16-33)23(19-22-10-11-26(42-35)21-28(22)32)5-4-18-40-30-12-17-36-29-9-2-1-8-27(29)30/h3,6-7,10-12,17,20-21,23,37H,1-2,4-5,8-9,13-16,18-19,35H2,(H,38,39). The van der Waals surface area contributed by atoms with Crippen LogP contribution in [-0.2, 0) is 29.5 Å². The summed E-state index contributed by atoms with van der Waals surface area (Å²) in [6.07, 6.45) is 11.9. The van der Waals surface area contributed by atoms with Gasteiger partial charge in [-0.25, -0.2) is 4.79 Å². The highest BCUT2D eigenvalue weighted by molar-refractivity contribution is 7.97. The van der Waals surface area contributed by atoms with Gasteiger partial charge in [0.1, 0.15) is 28.9 Å². The molecule has 0 aliphatic heterocycles. The van der Waals surface area contributed by atoms with Crippen LogP contribution in [0.3, 0.4) is 0 Å². The fraction of sp³-hybridized carbons (Fsp3) is 0.455. The summed E-state index contributed by atoms with van der Waals surface area (Å²) in [6.45, 7) is 0.670. The lowest BCUT2D eigenvalue weighted by molar-refractivity contribution is -0.144. The van der Waals surface area contributed by atoms with Crippen LogP contribution in [0.5, 0.6) is 11.5 Å². The van der Waals surface area contributed by atoms with Crippen LogP contribution in [0.4, 0.5) is 5.69 Å². The molecule has 0 bridgehead atoms. The van der Waals surface area contributed by atoms with Crippen molar-refractivity contribution in [3.63, 3.8) is 0 Å². The van der Waals surface area contributed by atoms with Gasteiger partial charge in [-0.15, -0.1) is 0 Å². The lowest BCUT2D eigenvalue weighted by Gasteiger charge is -2.47. The number of hydrogen-bond acceptors (Lipinski definition) is 7. The maximum Gasteiger partial charge on any atom is 0.329 e. The average molecular weight is 608 g/mol. The Hall–Kier alpha value is -2.94. The van der Waals surface area contributed by atoms with E-state index in [4.69, 9.17) is 26.0 Å². The van der Waals surface area contributed by atoms with Gasteiger partial charge in [-0.1, -0.05) is 12.1 Å². The van der Waals surface area contributed by atoms with E-state index in [1.807, 2.05) is 18.3 Å². The Labute approximate surface area is 256 Å². The number of benzene rings is 2. The highest BCUT2D eigenvalue weighted by Crippen LogP contribution is 2.56. The Bertz CT molecular complexity index is 1440. The number of carboxylic acids is 1. The predicted molar refractivity (Wildman–Crippen MR) is 166 cm³/mol. The van der Waals surface area contributed by atoms with Gasteiger partial charge < -0.3 is 19.4 Å². The van der Waals surface area contributed by atoms with E-state index < -0.39 is 11.5 Å². The van der Waals surface area contributed by atoms with Gasteiger partial charge >= 0.3 is 5.97 Å². The molecule has 1 unspecified atom stereocenters. The van der Waals surface area contributed by atoms with Crippen LogP contribution >= 0.6 is 23.8 Å². The number of aromatic nitrogens is 1. The Balaban J connectivity index is 1.19. The first-order valence-corrected chi connectivity index (χ1v) is 16.2. The molecule has 42 heavy (non-hydrogen) atoms. The lowest BCUT2D eigenvalue weighted by Crippen LogP contribution is -2.53. The third kappa shape index (κ3) is 5.56. The fourth-order valence-corrected chi connectivity index (χ4v) is 8.09. The summed E-state index contributed by atoms with van der Waals surface area (Å²) in [5, 5.41) is 19.8. The van der Waals surface area contributed by atoms with Gasteiger partial charge in [0.2, 0.25) is 0 Å². The van der Waals surface area contributed by atoms with Crippen molar-refractivity contribution in [2.24, 2.45) is 11.1 Å². The number of carboxylic acid groups (broad SMARTS) is 1. The minimum absolute atomic E-state index is 0.0847. The Morgan fingerprint density at radius 2 is 1.95 bits per heavy atom. The van der Waals surface area contributed by atoms with Crippen LogP contribution in [0.25, 0.3) is 0 Å². The molecule has 3 aromatic rings. The molecule has 1 saturated carbocycles. The Morgan fingerprint density at radius 3 is 2.74 bits per heavy atom. The number of aliphatic carboxylic acids is 1. The number of nitrogens with two attached hydrogens (primary N) is 1. The molecule has 0 amide bonds. The molecule has 2 aromatic carbocycles. The number of ether oxygens (including phenoxy) is 1. The number of aryl methyl sites for hydroxylation is 1. The largest absolute Gasteiger partial charge is 0.493 e. The minimum atomic E-state index is -1.06. The summed E-state index contributed by atoms with van der Waals surface area (Å²) < 4.78 is 11.2. The molecule has 3 aliphatic carbocycles. The zero-order valence-electron chi connectivity index (χ0n) is 23.7. The molecular formula is C33H38ClN3O4S. The highest BCUT2D eigenvalue weighted by atomic mass is 35.5. The zero-order chi connectivity index (χ0) is 29.2. The van der Waals surface area contributed by atoms with E-state index in [0.717, 1.165) is 55.6 Å². The number of halogens is 1. The monoisotopic (exact) mass is 607 g/mol. The van der Waals surface area contributed by atoms with Crippen molar-refractivity contribution in [3.8, 4) is 11.5 Å². The van der Waals surface area contributed by atoms with Gasteiger partial charge in [-0.3, -0.25) is 10.1 Å². The van der Waals surface area contributed by atoms with Gasteiger partial charge in [0.05, 0.1) is 6.61 Å². The molecule has 222 valence electrons. The molecule has 0 saturated heterocycles. The van der Waals surface area contributed by atoms with Crippen molar-refractivity contribution in [2.75, 3.05) is 11.9 Å². The van der Waals surface area contributed by atoms with Gasteiger partial charge in [-0.05, 0) is 135 Å². The van der Waals surface area contributed by atoms with Crippen molar-refractivity contribution in [3.05, 3.63) is 77.1 Å². The number of nitrogens with zero attached hydrogens (tertiary/aromatic N) is 1. The highest BCUT2D eigenvalue weighted by Gasteiger charge is 2.53. The number of pyridine rings is 1. The molecule has 1 spiro atoms. The average Bonchev–Trinajstić information content (AvgIpc) is 3.32. The molecule has 1 heterocycles. The summed E-state index contributed by atoms with van der Waals surface area (Å²) in [4.78, 5) is 18.4. The summed E-state index contributed by atoms with van der Waals surface area (Å²) in [5.41, 5.74) is 4.73. The normalized spacial score (nSPS) is 24.6. The maximum absolute atomic E-state index is 12.8.